The SMILES string of the molecule is C=NCC1CCC(C)CC1. The fourth-order valence-electron chi connectivity index (χ4n) is 1.69. The predicted molar refractivity (Wildman–Crippen MR) is 45.5 cm³/mol. The van der Waals surface area contributed by atoms with E-state index >= 15 is 0 Å². The van der Waals surface area contributed by atoms with Crippen molar-refractivity contribution in [3.63, 3.8) is 0 Å². The molecule has 0 bridgehead atoms. The fraction of sp³-hybridized carbons (Fsp3) is 0.889. The quantitative estimate of drug-likeness (QED) is 0.521. The maximum Gasteiger partial charge on any atom is 0.0410 e. The molecule has 1 heteroatoms. The minimum absolute atomic E-state index is 0.855. The molecular formula is C9H17N. The van der Waals surface area contributed by atoms with Gasteiger partial charge in [-0.25, -0.2) is 0 Å². The van der Waals surface area contributed by atoms with Crippen molar-refractivity contribution in [2.75, 3.05) is 6.54 Å². The Balaban J connectivity index is 2.19. The Morgan fingerprint density at radius 1 is 1.30 bits per heavy atom. The minimum Gasteiger partial charge on any atom is -0.301 e. The molecule has 1 saturated carbocycles. The van der Waals surface area contributed by atoms with E-state index in [0.29, 0.717) is 0 Å². The van der Waals surface area contributed by atoms with Crippen LogP contribution in [0.3, 0.4) is 0 Å². The first-order valence-electron chi connectivity index (χ1n) is 4.25. The van der Waals surface area contributed by atoms with Crippen molar-refractivity contribution in [3.8, 4) is 0 Å². The van der Waals surface area contributed by atoms with E-state index in [1.54, 1.807) is 0 Å². The summed E-state index contributed by atoms with van der Waals surface area (Å²) in [6.45, 7) is 6.86. The highest BCUT2D eigenvalue weighted by Crippen LogP contribution is 2.27. The molecule has 0 saturated heterocycles. The van der Waals surface area contributed by atoms with Gasteiger partial charge in [-0.1, -0.05) is 19.8 Å². The second-order valence-electron chi connectivity index (χ2n) is 3.53. The molecule has 0 radical (unpaired) electrons. The number of rotatable bonds is 2. The van der Waals surface area contributed by atoms with Gasteiger partial charge in [0.2, 0.25) is 0 Å². The van der Waals surface area contributed by atoms with E-state index in [2.05, 4.69) is 18.6 Å². The number of nitrogens with zero attached hydrogens (tertiary/aromatic N) is 1. The van der Waals surface area contributed by atoms with E-state index in [0.717, 1.165) is 18.4 Å². The summed E-state index contributed by atoms with van der Waals surface area (Å²) in [7, 11) is 0. The van der Waals surface area contributed by atoms with Crippen LogP contribution >= 0.6 is 0 Å². The summed E-state index contributed by atoms with van der Waals surface area (Å²) < 4.78 is 0. The monoisotopic (exact) mass is 139 g/mol. The van der Waals surface area contributed by atoms with Gasteiger partial charge >= 0.3 is 0 Å². The summed E-state index contributed by atoms with van der Waals surface area (Å²) in [5.74, 6) is 1.81. The van der Waals surface area contributed by atoms with Crippen molar-refractivity contribution in [2.45, 2.75) is 32.6 Å². The van der Waals surface area contributed by atoms with Crippen LogP contribution in [0.4, 0.5) is 0 Å². The Labute approximate surface area is 63.5 Å². The second kappa shape index (κ2) is 3.75. The Kier molecular flexibility index (Phi) is 2.91. The van der Waals surface area contributed by atoms with Crippen molar-refractivity contribution in [3.05, 3.63) is 0 Å². The summed E-state index contributed by atoms with van der Waals surface area (Å²) >= 11 is 0. The maximum atomic E-state index is 3.93. The van der Waals surface area contributed by atoms with Gasteiger partial charge in [0, 0.05) is 6.54 Å². The van der Waals surface area contributed by atoms with E-state index < -0.39 is 0 Å². The van der Waals surface area contributed by atoms with Gasteiger partial charge in [-0.05, 0) is 31.4 Å². The van der Waals surface area contributed by atoms with Crippen molar-refractivity contribution in [2.24, 2.45) is 16.8 Å². The molecular weight excluding hydrogens is 122 g/mol. The predicted octanol–water partition coefficient (Wildman–Crippen LogP) is 2.51. The van der Waals surface area contributed by atoms with Gasteiger partial charge in [-0.3, -0.25) is 0 Å². The lowest BCUT2D eigenvalue weighted by Crippen LogP contribution is -2.14. The summed E-state index contributed by atoms with van der Waals surface area (Å²) in [6.07, 6.45) is 5.56. The van der Waals surface area contributed by atoms with E-state index in [-0.39, 0.29) is 0 Å². The first kappa shape index (κ1) is 7.77. The number of hydrogen-bond donors (Lipinski definition) is 0. The molecule has 10 heavy (non-hydrogen) atoms. The highest BCUT2D eigenvalue weighted by atomic mass is 14.7. The van der Waals surface area contributed by atoms with Crippen LogP contribution in [0, 0.1) is 11.8 Å². The van der Waals surface area contributed by atoms with Gasteiger partial charge in [-0.15, -0.1) is 0 Å². The van der Waals surface area contributed by atoms with Crippen LogP contribution in [0.15, 0.2) is 4.99 Å². The summed E-state index contributed by atoms with van der Waals surface area (Å²) in [5.41, 5.74) is 0. The number of hydrogen-bond acceptors (Lipinski definition) is 1. The maximum absolute atomic E-state index is 3.93. The van der Waals surface area contributed by atoms with E-state index in [1.165, 1.54) is 25.7 Å². The first-order chi connectivity index (χ1) is 4.83. The van der Waals surface area contributed by atoms with Crippen LogP contribution in [0.5, 0.6) is 0 Å². The summed E-state index contributed by atoms with van der Waals surface area (Å²) in [4.78, 5) is 3.93. The molecule has 0 aromatic carbocycles. The van der Waals surface area contributed by atoms with Crippen molar-refractivity contribution < 1.29 is 0 Å². The highest BCUT2D eigenvalue weighted by Gasteiger charge is 2.16. The molecule has 1 aliphatic rings. The van der Waals surface area contributed by atoms with Crippen LogP contribution < -0.4 is 0 Å². The van der Waals surface area contributed by atoms with E-state index in [4.69, 9.17) is 0 Å². The molecule has 0 aliphatic heterocycles. The van der Waals surface area contributed by atoms with E-state index in [9.17, 15) is 0 Å². The Bertz CT molecular complexity index is 101. The topological polar surface area (TPSA) is 12.4 Å². The molecule has 0 unspecified atom stereocenters. The van der Waals surface area contributed by atoms with Crippen LogP contribution in [-0.4, -0.2) is 13.3 Å². The summed E-state index contributed by atoms with van der Waals surface area (Å²) in [6, 6.07) is 0. The van der Waals surface area contributed by atoms with Gasteiger partial charge in [0.25, 0.3) is 0 Å². The molecule has 1 rings (SSSR count). The molecule has 58 valence electrons. The second-order valence-corrected chi connectivity index (χ2v) is 3.53. The zero-order valence-corrected chi connectivity index (χ0v) is 6.84. The molecule has 0 heterocycles. The molecule has 1 nitrogen and oxygen atoms in total. The lowest BCUT2D eigenvalue weighted by atomic mass is 9.83. The van der Waals surface area contributed by atoms with Gasteiger partial charge in [-0.2, -0.15) is 0 Å². The van der Waals surface area contributed by atoms with Gasteiger partial charge in [0.05, 0.1) is 0 Å². The number of aliphatic imine (C=N–C) groups is 1. The molecule has 0 spiro atoms. The standard InChI is InChI=1S/C9H17N/c1-8-3-5-9(6-4-8)7-10-2/h8-9H,2-7H2,1H3. The van der Waals surface area contributed by atoms with E-state index in [1.807, 2.05) is 0 Å². The minimum atomic E-state index is 0.855. The van der Waals surface area contributed by atoms with Crippen LogP contribution in [0.1, 0.15) is 32.6 Å². The third-order valence-corrected chi connectivity index (χ3v) is 2.52. The van der Waals surface area contributed by atoms with Crippen LogP contribution in [0.25, 0.3) is 0 Å². The third-order valence-electron chi connectivity index (χ3n) is 2.52. The molecule has 0 N–H and O–H groups in total. The molecule has 1 fully saturated rings. The smallest absolute Gasteiger partial charge is 0.0410 e. The largest absolute Gasteiger partial charge is 0.301 e. The Hall–Kier alpha value is -0.330. The lowest BCUT2D eigenvalue weighted by molar-refractivity contribution is 0.296. The summed E-state index contributed by atoms with van der Waals surface area (Å²) in [5, 5.41) is 0. The van der Waals surface area contributed by atoms with Crippen molar-refractivity contribution in [1.82, 2.24) is 0 Å². The Morgan fingerprint density at radius 2 is 1.90 bits per heavy atom. The van der Waals surface area contributed by atoms with Crippen molar-refractivity contribution >= 4 is 6.72 Å². The third kappa shape index (κ3) is 2.13. The highest BCUT2D eigenvalue weighted by molar-refractivity contribution is 5.23. The van der Waals surface area contributed by atoms with Crippen LogP contribution in [0.2, 0.25) is 0 Å². The average molecular weight is 139 g/mol. The van der Waals surface area contributed by atoms with Gasteiger partial charge in [0.15, 0.2) is 0 Å². The lowest BCUT2D eigenvalue weighted by Gasteiger charge is -2.24. The normalized spacial score (nSPS) is 33.7. The molecule has 1 aliphatic carbocycles. The first-order valence-corrected chi connectivity index (χ1v) is 4.25. The van der Waals surface area contributed by atoms with Crippen LogP contribution in [-0.2, 0) is 0 Å². The fourth-order valence-corrected chi connectivity index (χ4v) is 1.69. The van der Waals surface area contributed by atoms with Gasteiger partial charge in [0.1, 0.15) is 0 Å². The molecule has 0 aromatic heterocycles. The van der Waals surface area contributed by atoms with Gasteiger partial charge < -0.3 is 4.99 Å². The average Bonchev–Trinajstić information content (AvgIpc) is 1.95. The molecule has 0 amide bonds. The Morgan fingerprint density at radius 3 is 2.40 bits per heavy atom. The van der Waals surface area contributed by atoms with Crippen molar-refractivity contribution in [1.29, 1.82) is 0 Å². The molecule has 0 atom stereocenters. The molecule has 0 aromatic rings. The zero-order valence-electron chi connectivity index (χ0n) is 6.84. The zero-order chi connectivity index (χ0) is 7.40.